The van der Waals surface area contributed by atoms with Crippen LogP contribution >= 0.6 is 0 Å². The lowest BCUT2D eigenvalue weighted by molar-refractivity contribution is -0.156. The third-order valence-electron chi connectivity index (χ3n) is 7.25. The molecule has 2 unspecified atom stereocenters. The number of carbonyl (C=O) groups is 2. The van der Waals surface area contributed by atoms with Crippen molar-refractivity contribution in [1.82, 2.24) is 20.2 Å². The third-order valence-corrected chi connectivity index (χ3v) is 7.25. The predicted molar refractivity (Wildman–Crippen MR) is 106 cm³/mol. The lowest BCUT2D eigenvalue weighted by Gasteiger charge is -2.40. The van der Waals surface area contributed by atoms with Crippen LogP contribution in [0.5, 0.6) is 0 Å². The van der Waals surface area contributed by atoms with Crippen molar-refractivity contribution in [1.29, 1.82) is 0 Å². The van der Waals surface area contributed by atoms with Crippen molar-refractivity contribution in [3.05, 3.63) is 23.3 Å². The van der Waals surface area contributed by atoms with Crippen LogP contribution in [0.3, 0.4) is 0 Å². The van der Waals surface area contributed by atoms with E-state index in [1.807, 2.05) is 11.1 Å². The molecule has 2 saturated heterocycles. The molecule has 1 aromatic rings. The lowest BCUT2D eigenvalue weighted by Crippen LogP contribution is -2.49. The summed E-state index contributed by atoms with van der Waals surface area (Å²) in [6, 6.07) is 0. The number of fused-ring (bicyclic) bond motifs is 1. The number of nitrogens with one attached hydrogen (secondary N) is 1. The van der Waals surface area contributed by atoms with Crippen LogP contribution in [0.2, 0.25) is 0 Å². The Bertz CT molecular complexity index is 805. The summed E-state index contributed by atoms with van der Waals surface area (Å²) in [5.41, 5.74) is 1.78. The number of esters is 1. The van der Waals surface area contributed by atoms with E-state index in [0.717, 1.165) is 82.5 Å². The van der Waals surface area contributed by atoms with Crippen LogP contribution < -0.4 is 5.32 Å². The van der Waals surface area contributed by atoms with E-state index in [1.165, 1.54) is 5.56 Å². The number of piperidine rings is 1. The summed E-state index contributed by atoms with van der Waals surface area (Å²) in [5.74, 6) is 0.627. The quantitative estimate of drug-likeness (QED) is 0.768. The first kappa shape index (κ1) is 19.0. The van der Waals surface area contributed by atoms with Crippen molar-refractivity contribution in [2.75, 3.05) is 19.6 Å². The fraction of sp³-hybridized carbons (Fsp3) is 0.727. The monoisotopic (exact) mass is 398 g/mol. The molecule has 1 amide bonds. The standard InChI is InChI=1S/C22H30N4O3/c27-19-11-17(22(29-19)7-2-1-3-8-22)21(28)26-10-4-5-15(14-26)20-24-13-16-12-23-9-6-18(16)25-20/h13,15,17,23H,1-12,14H2. The summed E-state index contributed by atoms with van der Waals surface area (Å²) in [5, 5.41) is 3.35. The van der Waals surface area contributed by atoms with Gasteiger partial charge in [-0.3, -0.25) is 9.59 Å². The van der Waals surface area contributed by atoms with E-state index in [9.17, 15) is 9.59 Å². The van der Waals surface area contributed by atoms with Crippen LogP contribution in [0.15, 0.2) is 6.20 Å². The van der Waals surface area contributed by atoms with Crippen LogP contribution in [-0.4, -0.2) is 52.0 Å². The molecular weight excluding hydrogens is 368 g/mol. The minimum Gasteiger partial charge on any atom is -0.458 e. The van der Waals surface area contributed by atoms with Crippen molar-refractivity contribution in [2.45, 2.75) is 75.9 Å². The number of ether oxygens (including phenoxy) is 1. The fourth-order valence-electron chi connectivity index (χ4n) is 5.66. The van der Waals surface area contributed by atoms with E-state index in [0.29, 0.717) is 6.54 Å². The molecule has 1 aromatic heterocycles. The molecule has 5 rings (SSSR count). The zero-order valence-corrected chi connectivity index (χ0v) is 17.0. The molecule has 29 heavy (non-hydrogen) atoms. The van der Waals surface area contributed by atoms with Gasteiger partial charge in [-0.1, -0.05) is 6.42 Å². The maximum absolute atomic E-state index is 13.5. The lowest BCUT2D eigenvalue weighted by atomic mass is 9.75. The van der Waals surface area contributed by atoms with Crippen molar-refractivity contribution < 1.29 is 14.3 Å². The molecule has 1 saturated carbocycles. The Kier molecular flexibility index (Phi) is 5.02. The van der Waals surface area contributed by atoms with E-state index >= 15 is 0 Å². The first-order valence-electron chi connectivity index (χ1n) is 11.2. The van der Waals surface area contributed by atoms with E-state index < -0.39 is 5.60 Å². The molecule has 4 heterocycles. The Hall–Kier alpha value is -2.02. The maximum atomic E-state index is 13.5. The number of aromatic nitrogens is 2. The van der Waals surface area contributed by atoms with Gasteiger partial charge in [0.05, 0.1) is 12.3 Å². The molecular formula is C22H30N4O3. The molecule has 0 radical (unpaired) electrons. The van der Waals surface area contributed by atoms with Crippen molar-refractivity contribution >= 4 is 11.9 Å². The zero-order chi connectivity index (χ0) is 19.8. The number of likely N-dealkylation sites (tertiary alicyclic amines) is 1. The summed E-state index contributed by atoms with van der Waals surface area (Å²) in [4.78, 5) is 37.0. The van der Waals surface area contributed by atoms with Crippen molar-refractivity contribution in [2.24, 2.45) is 5.92 Å². The van der Waals surface area contributed by atoms with E-state index in [2.05, 4.69) is 10.3 Å². The van der Waals surface area contributed by atoms with E-state index in [4.69, 9.17) is 9.72 Å². The van der Waals surface area contributed by atoms with E-state index in [1.54, 1.807) is 0 Å². The average Bonchev–Trinajstić information content (AvgIpc) is 3.08. The Morgan fingerprint density at radius 2 is 2.10 bits per heavy atom. The van der Waals surface area contributed by atoms with Gasteiger partial charge in [0.1, 0.15) is 11.4 Å². The van der Waals surface area contributed by atoms with Crippen LogP contribution in [0.4, 0.5) is 0 Å². The molecule has 3 aliphatic heterocycles. The Labute approximate surface area is 171 Å². The zero-order valence-electron chi connectivity index (χ0n) is 17.0. The number of amides is 1. The van der Waals surface area contributed by atoms with Gasteiger partial charge in [-0.15, -0.1) is 0 Å². The molecule has 7 heteroatoms. The third kappa shape index (κ3) is 3.54. The highest BCUT2D eigenvalue weighted by Gasteiger charge is 2.54. The van der Waals surface area contributed by atoms with Gasteiger partial charge >= 0.3 is 5.97 Å². The van der Waals surface area contributed by atoms with Crippen LogP contribution in [0, 0.1) is 5.92 Å². The number of carbonyl (C=O) groups excluding carboxylic acids is 2. The van der Waals surface area contributed by atoms with Crippen molar-refractivity contribution in [3.8, 4) is 0 Å². The average molecular weight is 399 g/mol. The summed E-state index contributed by atoms with van der Waals surface area (Å²) in [7, 11) is 0. The normalized spacial score (nSPS) is 28.8. The van der Waals surface area contributed by atoms with Gasteiger partial charge in [0, 0.05) is 56.0 Å². The van der Waals surface area contributed by atoms with Gasteiger partial charge in [0.25, 0.3) is 0 Å². The second-order valence-corrected chi connectivity index (χ2v) is 9.11. The first-order chi connectivity index (χ1) is 14.1. The highest BCUT2D eigenvalue weighted by Crippen LogP contribution is 2.45. The van der Waals surface area contributed by atoms with Gasteiger partial charge in [-0.05, 0) is 38.5 Å². The second-order valence-electron chi connectivity index (χ2n) is 9.11. The molecule has 1 N–H and O–H groups in total. The highest BCUT2D eigenvalue weighted by molar-refractivity contribution is 5.88. The second kappa shape index (κ2) is 7.67. The minimum absolute atomic E-state index is 0.101. The number of rotatable bonds is 2. The number of hydrogen-bond donors (Lipinski definition) is 1. The van der Waals surface area contributed by atoms with Crippen LogP contribution in [0.25, 0.3) is 0 Å². The SMILES string of the molecule is O=C1CC(C(=O)N2CCCC(c3ncc4c(n3)CCNC4)C2)C2(CCCCC2)O1. The minimum atomic E-state index is -0.547. The predicted octanol–water partition coefficient (Wildman–Crippen LogP) is 2.09. The molecule has 2 atom stereocenters. The molecule has 7 nitrogen and oxygen atoms in total. The summed E-state index contributed by atoms with van der Waals surface area (Å²) in [6.07, 6.45) is 9.98. The largest absolute Gasteiger partial charge is 0.458 e. The molecule has 156 valence electrons. The number of nitrogens with zero attached hydrogens (tertiary/aromatic N) is 3. The summed E-state index contributed by atoms with van der Waals surface area (Å²) >= 11 is 0. The Balaban J connectivity index is 1.32. The van der Waals surface area contributed by atoms with Gasteiger partial charge < -0.3 is 15.0 Å². The van der Waals surface area contributed by atoms with E-state index in [-0.39, 0.29) is 30.1 Å². The first-order valence-corrected chi connectivity index (χ1v) is 11.2. The molecule has 1 aliphatic carbocycles. The summed E-state index contributed by atoms with van der Waals surface area (Å²) in [6.45, 7) is 3.20. The molecule has 0 bridgehead atoms. The molecule has 0 aromatic carbocycles. The smallest absolute Gasteiger partial charge is 0.307 e. The highest BCUT2D eigenvalue weighted by atomic mass is 16.6. The van der Waals surface area contributed by atoms with Crippen LogP contribution in [-0.2, 0) is 27.3 Å². The topological polar surface area (TPSA) is 84.4 Å². The van der Waals surface area contributed by atoms with Crippen LogP contribution in [0.1, 0.15) is 74.4 Å². The van der Waals surface area contributed by atoms with Gasteiger partial charge in [0.2, 0.25) is 5.91 Å². The fourth-order valence-corrected chi connectivity index (χ4v) is 5.66. The maximum Gasteiger partial charge on any atom is 0.307 e. The van der Waals surface area contributed by atoms with Gasteiger partial charge in [0.15, 0.2) is 0 Å². The molecule has 3 fully saturated rings. The molecule has 4 aliphatic rings. The number of hydrogen-bond acceptors (Lipinski definition) is 6. The Morgan fingerprint density at radius 3 is 2.97 bits per heavy atom. The summed E-state index contributed by atoms with van der Waals surface area (Å²) < 4.78 is 5.77. The van der Waals surface area contributed by atoms with Gasteiger partial charge in [-0.25, -0.2) is 9.97 Å². The Morgan fingerprint density at radius 1 is 1.24 bits per heavy atom. The molecule has 1 spiro atoms. The van der Waals surface area contributed by atoms with Gasteiger partial charge in [-0.2, -0.15) is 0 Å². The van der Waals surface area contributed by atoms with Crippen molar-refractivity contribution in [3.63, 3.8) is 0 Å².